The van der Waals surface area contributed by atoms with E-state index >= 15 is 0 Å². The number of hydrogen-bond acceptors (Lipinski definition) is 0. The van der Waals surface area contributed by atoms with Crippen LogP contribution in [0.5, 0.6) is 0 Å². The van der Waals surface area contributed by atoms with E-state index in [1.807, 2.05) is 27.7 Å². The lowest BCUT2D eigenvalue weighted by Crippen LogP contribution is -2.07. The molecule has 2 aliphatic carbocycles. The van der Waals surface area contributed by atoms with Crippen LogP contribution in [0.2, 0.25) is 0 Å². The van der Waals surface area contributed by atoms with E-state index < -0.39 is 0 Å². The molecule has 0 aromatic rings. The van der Waals surface area contributed by atoms with Gasteiger partial charge in [-0.3, -0.25) is 0 Å². The molecule has 0 spiro atoms. The highest BCUT2D eigenvalue weighted by molar-refractivity contribution is 4.87. The third kappa shape index (κ3) is 6.06. The second-order valence-electron chi connectivity index (χ2n) is 8.59. The highest BCUT2D eigenvalue weighted by Crippen LogP contribution is 2.45. The molecule has 148 valence electrons. The fourth-order valence-corrected chi connectivity index (χ4v) is 4.79. The smallest absolute Gasteiger partial charge is 0.0386 e. The zero-order valence-corrected chi connectivity index (χ0v) is 19.8. The van der Waals surface area contributed by atoms with E-state index in [0.717, 1.165) is 59.2 Å². The van der Waals surface area contributed by atoms with Gasteiger partial charge in [0.2, 0.25) is 0 Å². The first-order chi connectivity index (χ1) is 11.1. The van der Waals surface area contributed by atoms with Crippen LogP contribution in [0.1, 0.15) is 96.9 Å². The van der Waals surface area contributed by atoms with Gasteiger partial charge < -0.3 is 0 Å². The Morgan fingerprint density at radius 2 is 0.250 bits per heavy atom. The molecule has 2 rings (SSSR count). The van der Waals surface area contributed by atoms with Gasteiger partial charge in [0.1, 0.15) is 0 Å². The Balaban J connectivity index is 0. The van der Waals surface area contributed by atoms with Gasteiger partial charge >= 0.3 is 0 Å². The summed E-state index contributed by atoms with van der Waals surface area (Å²) in [4.78, 5) is 0. The van der Waals surface area contributed by atoms with E-state index in [4.69, 9.17) is 0 Å². The molecule has 0 aromatic heterocycles. The minimum Gasteiger partial charge on any atom is -0.0683 e. The van der Waals surface area contributed by atoms with Gasteiger partial charge in [0.15, 0.2) is 0 Å². The number of hydrogen-bond donors (Lipinski definition) is 0. The summed E-state index contributed by atoms with van der Waals surface area (Å²) in [5, 5.41) is 0. The van der Waals surface area contributed by atoms with E-state index in [0.29, 0.717) is 0 Å². The van der Waals surface area contributed by atoms with Crippen LogP contribution in [0.4, 0.5) is 0 Å². The second-order valence-corrected chi connectivity index (χ2v) is 8.59. The van der Waals surface area contributed by atoms with Gasteiger partial charge in [-0.2, -0.15) is 0 Å². The Bertz CT molecular complexity index is 175. The quantitative estimate of drug-likeness (QED) is 0.415. The fraction of sp³-hybridized carbons (Fsp3) is 1.00. The van der Waals surface area contributed by atoms with E-state index in [2.05, 4.69) is 69.2 Å². The molecular formula is C24H52. The van der Waals surface area contributed by atoms with Gasteiger partial charge in [-0.1, -0.05) is 96.9 Å². The molecule has 24 heavy (non-hydrogen) atoms. The molecule has 0 amide bonds. The minimum atomic E-state index is 0.935. The van der Waals surface area contributed by atoms with Crippen LogP contribution in [0.25, 0.3) is 0 Å². The van der Waals surface area contributed by atoms with Crippen LogP contribution in [-0.4, -0.2) is 0 Å². The molecule has 0 heteroatoms. The topological polar surface area (TPSA) is 0 Å². The average molecular weight is 341 g/mol. The minimum absolute atomic E-state index is 0.935. The molecule has 0 heterocycles. The predicted molar refractivity (Wildman–Crippen MR) is 114 cm³/mol. The van der Waals surface area contributed by atoms with E-state index in [-0.39, 0.29) is 0 Å². The SMILES string of the molecule is CC.CC.CC1C(C)C(C)C(C)C1C.CC1C(C)C(C)C(C)C1C. The van der Waals surface area contributed by atoms with Gasteiger partial charge in [-0.05, 0) is 59.2 Å². The Kier molecular flexibility index (Phi) is 13.5. The normalized spacial score (nSPS) is 46.8. The largest absolute Gasteiger partial charge is 0.0683 e. The first kappa shape index (κ1) is 26.2. The lowest BCUT2D eigenvalue weighted by Gasteiger charge is -2.14. The molecule has 0 atom stereocenters. The maximum atomic E-state index is 2.40. The predicted octanol–water partition coefficient (Wildman–Crippen LogP) is 8.41. The van der Waals surface area contributed by atoms with Crippen molar-refractivity contribution in [1.29, 1.82) is 0 Å². The first-order valence-corrected chi connectivity index (χ1v) is 11.1. The summed E-state index contributed by atoms with van der Waals surface area (Å²) in [6, 6.07) is 0. The molecule has 2 aliphatic rings. The highest BCUT2D eigenvalue weighted by Gasteiger charge is 2.39. The summed E-state index contributed by atoms with van der Waals surface area (Å²) in [5.41, 5.74) is 0. The average Bonchev–Trinajstić information content (AvgIpc) is 2.89. The standard InChI is InChI=1S/2C10H20.2C2H6/c2*1-6-7(2)9(4)10(5)8(6)3;2*1-2/h2*6-10H,1-5H3;2*1-2H3. The van der Waals surface area contributed by atoms with Crippen molar-refractivity contribution in [1.82, 2.24) is 0 Å². The van der Waals surface area contributed by atoms with Crippen molar-refractivity contribution >= 4 is 0 Å². The van der Waals surface area contributed by atoms with Crippen molar-refractivity contribution < 1.29 is 0 Å². The number of rotatable bonds is 0. The van der Waals surface area contributed by atoms with E-state index in [1.54, 1.807) is 0 Å². The lowest BCUT2D eigenvalue weighted by molar-refractivity contribution is 0.352. The molecule has 0 radical (unpaired) electrons. The van der Waals surface area contributed by atoms with Crippen LogP contribution < -0.4 is 0 Å². The van der Waals surface area contributed by atoms with Gasteiger partial charge in [-0.15, -0.1) is 0 Å². The van der Waals surface area contributed by atoms with E-state index in [1.165, 1.54) is 0 Å². The maximum Gasteiger partial charge on any atom is -0.0386 e. The van der Waals surface area contributed by atoms with Crippen LogP contribution >= 0.6 is 0 Å². The second kappa shape index (κ2) is 12.4. The summed E-state index contributed by atoms with van der Waals surface area (Å²) in [7, 11) is 0. The molecule has 2 fully saturated rings. The molecule has 0 nitrogen and oxygen atoms in total. The van der Waals surface area contributed by atoms with Gasteiger partial charge in [0.25, 0.3) is 0 Å². The van der Waals surface area contributed by atoms with Crippen molar-refractivity contribution in [3.63, 3.8) is 0 Å². The molecule has 0 N–H and O–H groups in total. The summed E-state index contributed by atoms with van der Waals surface area (Å²) >= 11 is 0. The molecular weight excluding hydrogens is 288 g/mol. The molecule has 0 aromatic carbocycles. The Hall–Kier alpha value is 0. The molecule has 0 saturated heterocycles. The van der Waals surface area contributed by atoms with Gasteiger partial charge in [-0.25, -0.2) is 0 Å². The Labute approximate surface area is 156 Å². The molecule has 0 unspecified atom stereocenters. The fourth-order valence-electron chi connectivity index (χ4n) is 4.79. The lowest BCUT2D eigenvalue weighted by atomic mass is 9.92. The first-order valence-electron chi connectivity index (χ1n) is 11.1. The molecule has 2 saturated carbocycles. The van der Waals surface area contributed by atoms with Crippen molar-refractivity contribution in [2.75, 3.05) is 0 Å². The monoisotopic (exact) mass is 340 g/mol. The zero-order chi connectivity index (χ0) is 19.8. The molecule has 0 aliphatic heterocycles. The van der Waals surface area contributed by atoms with Crippen molar-refractivity contribution in [2.45, 2.75) is 96.9 Å². The van der Waals surface area contributed by atoms with Crippen LogP contribution in [-0.2, 0) is 0 Å². The highest BCUT2D eigenvalue weighted by atomic mass is 14.4. The summed E-state index contributed by atoms with van der Waals surface area (Å²) < 4.78 is 0. The Morgan fingerprint density at radius 1 is 0.208 bits per heavy atom. The Morgan fingerprint density at radius 3 is 0.292 bits per heavy atom. The maximum absolute atomic E-state index is 2.40. The van der Waals surface area contributed by atoms with Crippen LogP contribution in [0.15, 0.2) is 0 Å². The summed E-state index contributed by atoms with van der Waals surface area (Å²) in [5.74, 6) is 9.35. The van der Waals surface area contributed by atoms with Crippen molar-refractivity contribution in [2.24, 2.45) is 59.2 Å². The zero-order valence-electron chi connectivity index (χ0n) is 19.8. The van der Waals surface area contributed by atoms with Crippen LogP contribution in [0.3, 0.4) is 0 Å². The third-order valence-corrected chi connectivity index (χ3v) is 8.29. The molecule has 0 bridgehead atoms. The van der Waals surface area contributed by atoms with Crippen LogP contribution in [0, 0.1) is 59.2 Å². The summed E-state index contributed by atoms with van der Waals surface area (Å²) in [6.45, 7) is 32.0. The third-order valence-electron chi connectivity index (χ3n) is 8.29. The van der Waals surface area contributed by atoms with Gasteiger partial charge in [0.05, 0.1) is 0 Å². The van der Waals surface area contributed by atoms with E-state index in [9.17, 15) is 0 Å². The van der Waals surface area contributed by atoms with Crippen molar-refractivity contribution in [3.05, 3.63) is 0 Å². The van der Waals surface area contributed by atoms with Gasteiger partial charge in [0, 0.05) is 0 Å². The summed E-state index contributed by atoms with van der Waals surface area (Å²) in [6.07, 6.45) is 0. The van der Waals surface area contributed by atoms with Crippen molar-refractivity contribution in [3.8, 4) is 0 Å².